The van der Waals surface area contributed by atoms with Gasteiger partial charge in [0.05, 0.1) is 0 Å². The maximum atomic E-state index is 11.5. The van der Waals surface area contributed by atoms with Crippen molar-refractivity contribution in [1.82, 2.24) is 0 Å². The molecule has 1 aliphatic rings. The highest BCUT2D eigenvalue weighted by Crippen LogP contribution is 2.21. The summed E-state index contributed by atoms with van der Waals surface area (Å²) in [4.78, 5) is 22.5. The maximum Gasteiger partial charge on any atom is 0.377 e. The summed E-state index contributed by atoms with van der Waals surface area (Å²) in [7, 11) is 0. The van der Waals surface area contributed by atoms with Crippen LogP contribution in [0.25, 0.3) is 0 Å². The van der Waals surface area contributed by atoms with E-state index in [2.05, 4.69) is 11.7 Å². The van der Waals surface area contributed by atoms with Crippen LogP contribution in [0.1, 0.15) is 58.3 Å². The van der Waals surface area contributed by atoms with Crippen LogP contribution in [-0.2, 0) is 19.1 Å². The van der Waals surface area contributed by atoms with Gasteiger partial charge >= 0.3 is 11.9 Å². The Kier molecular flexibility index (Phi) is 8.47. The van der Waals surface area contributed by atoms with Gasteiger partial charge in [0.2, 0.25) is 5.76 Å². The van der Waals surface area contributed by atoms with Gasteiger partial charge in [0.25, 0.3) is 0 Å². The molecule has 3 N–H and O–H groups in total. The van der Waals surface area contributed by atoms with Crippen molar-refractivity contribution in [2.45, 2.75) is 70.5 Å². The topological polar surface area (TPSA) is 113 Å². The van der Waals surface area contributed by atoms with Crippen LogP contribution in [0, 0.1) is 0 Å². The first-order valence-electron chi connectivity index (χ1n) is 8.14. The zero-order chi connectivity index (χ0) is 17.2. The first kappa shape index (κ1) is 19.3. The zero-order valence-electron chi connectivity index (χ0n) is 13.5. The quantitative estimate of drug-likeness (QED) is 0.393. The Bertz CT molecular complexity index is 430. The lowest BCUT2D eigenvalue weighted by Crippen LogP contribution is -2.33. The van der Waals surface area contributed by atoms with Gasteiger partial charge in [-0.05, 0) is 6.42 Å². The zero-order valence-corrected chi connectivity index (χ0v) is 13.5. The van der Waals surface area contributed by atoms with E-state index in [4.69, 9.17) is 9.84 Å². The Morgan fingerprint density at radius 2 is 1.78 bits per heavy atom. The largest absolute Gasteiger partial charge is 0.505 e. The average molecular weight is 330 g/mol. The second-order valence-electron chi connectivity index (χ2n) is 5.68. The van der Waals surface area contributed by atoms with Crippen molar-refractivity contribution in [2.75, 3.05) is 6.61 Å². The number of ether oxygens (including phenoxy) is 2. The molecule has 0 saturated carbocycles. The van der Waals surface area contributed by atoms with Crippen LogP contribution in [0.15, 0.2) is 11.5 Å². The average Bonchev–Trinajstić information content (AvgIpc) is 2.79. The highest BCUT2D eigenvalue weighted by molar-refractivity contribution is 5.89. The maximum absolute atomic E-state index is 11.5. The molecule has 0 aromatic heterocycles. The molecule has 1 aliphatic heterocycles. The number of carbonyl (C=O) groups is 2. The molecule has 0 aromatic carbocycles. The molecule has 0 saturated heterocycles. The van der Waals surface area contributed by atoms with Crippen LogP contribution in [0.5, 0.6) is 0 Å². The van der Waals surface area contributed by atoms with Crippen LogP contribution >= 0.6 is 0 Å². The third-order valence-electron chi connectivity index (χ3n) is 3.69. The van der Waals surface area contributed by atoms with Crippen molar-refractivity contribution < 1.29 is 34.4 Å². The van der Waals surface area contributed by atoms with Gasteiger partial charge in [-0.1, -0.05) is 45.4 Å². The summed E-state index contributed by atoms with van der Waals surface area (Å²) in [5.74, 6) is -3.23. The standard InChI is InChI=1S/C16H26O7/c1-2-3-4-5-6-7-8-9-12(18)22-10-11(17)15-13(19)14(20)16(21)23-15/h11,15,17,19-20H,2-10H2,1H3/t11-,15+/m0/s1. The second kappa shape index (κ2) is 10.1. The lowest BCUT2D eigenvalue weighted by molar-refractivity contribution is -0.154. The molecule has 2 atom stereocenters. The molecule has 0 bridgehead atoms. The monoisotopic (exact) mass is 330 g/mol. The van der Waals surface area contributed by atoms with Gasteiger partial charge in [0.15, 0.2) is 11.9 Å². The predicted molar refractivity (Wildman–Crippen MR) is 81.7 cm³/mol. The van der Waals surface area contributed by atoms with E-state index in [0.717, 1.165) is 19.3 Å². The van der Waals surface area contributed by atoms with E-state index in [1.54, 1.807) is 0 Å². The Labute approximate surface area is 135 Å². The molecule has 1 heterocycles. The fourth-order valence-electron chi connectivity index (χ4n) is 2.29. The van der Waals surface area contributed by atoms with E-state index < -0.39 is 42.3 Å². The molecule has 7 nitrogen and oxygen atoms in total. The Hall–Kier alpha value is -1.76. The van der Waals surface area contributed by atoms with Crippen molar-refractivity contribution in [3.8, 4) is 0 Å². The van der Waals surface area contributed by atoms with Gasteiger partial charge in [-0.2, -0.15) is 0 Å². The second-order valence-corrected chi connectivity index (χ2v) is 5.68. The first-order valence-corrected chi connectivity index (χ1v) is 8.14. The van der Waals surface area contributed by atoms with E-state index in [1.165, 1.54) is 25.7 Å². The van der Waals surface area contributed by atoms with E-state index >= 15 is 0 Å². The van der Waals surface area contributed by atoms with Gasteiger partial charge in [-0.3, -0.25) is 4.79 Å². The molecule has 0 spiro atoms. The minimum Gasteiger partial charge on any atom is -0.505 e. The molecular formula is C16H26O7. The Morgan fingerprint density at radius 1 is 1.17 bits per heavy atom. The molecule has 23 heavy (non-hydrogen) atoms. The van der Waals surface area contributed by atoms with Crippen LogP contribution in [0.3, 0.4) is 0 Å². The van der Waals surface area contributed by atoms with Gasteiger partial charge < -0.3 is 24.8 Å². The summed E-state index contributed by atoms with van der Waals surface area (Å²) in [6.07, 6.45) is 5.06. The lowest BCUT2D eigenvalue weighted by Gasteiger charge is -2.17. The molecule has 0 amide bonds. The third-order valence-corrected chi connectivity index (χ3v) is 3.69. The van der Waals surface area contributed by atoms with Crippen LogP contribution in [0.4, 0.5) is 0 Å². The van der Waals surface area contributed by atoms with Crippen LogP contribution in [-0.4, -0.2) is 46.1 Å². The number of hydrogen-bond donors (Lipinski definition) is 3. The summed E-state index contributed by atoms with van der Waals surface area (Å²) in [5, 5.41) is 28.3. The number of cyclic esters (lactones) is 1. The Balaban J connectivity index is 2.13. The molecule has 132 valence electrons. The Morgan fingerprint density at radius 3 is 2.35 bits per heavy atom. The summed E-state index contributed by atoms with van der Waals surface area (Å²) in [6.45, 7) is 1.75. The first-order chi connectivity index (χ1) is 11.0. The molecule has 0 aliphatic carbocycles. The van der Waals surface area contributed by atoms with Crippen molar-refractivity contribution in [3.63, 3.8) is 0 Å². The van der Waals surface area contributed by atoms with E-state index in [9.17, 15) is 19.8 Å². The highest BCUT2D eigenvalue weighted by atomic mass is 16.6. The molecule has 0 fully saturated rings. The minimum absolute atomic E-state index is 0.262. The van der Waals surface area contributed by atoms with Crippen LogP contribution < -0.4 is 0 Å². The molecule has 0 unspecified atom stereocenters. The normalized spacial score (nSPS) is 18.9. The number of unbranched alkanes of at least 4 members (excludes halogenated alkanes) is 6. The highest BCUT2D eigenvalue weighted by Gasteiger charge is 2.39. The molecule has 0 aromatic rings. The molecular weight excluding hydrogens is 304 g/mol. The van der Waals surface area contributed by atoms with E-state index in [-0.39, 0.29) is 6.42 Å². The van der Waals surface area contributed by atoms with Gasteiger partial charge in [0.1, 0.15) is 12.7 Å². The summed E-state index contributed by atoms with van der Waals surface area (Å²) < 4.78 is 9.46. The van der Waals surface area contributed by atoms with Gasteiger partial charge in [-0.25, -0.2) is 4.79 Å². The molecule has 7 heteroatoms. The van der Waals surface area contributed by atoms with Gasteiger partial charge in [0, 0.05) is 6.42 Å². The van der Waals surface area contributed by atoms with Crippen molar-refractivity contribution in [3.05, 3.63) is 11.5 Å². The third kappa shape index (κ3) is 6.48. The number of esters is 2. The number of aliphatic hydroxyl groups is 3. The predicted octanol–water partition coefficient (Wildman–Crippen LogP) is 2.28. The van der Waals surface area contributed by atoms with Crippen molar-refractivity contribution in [2.24, 2.45) is 0 Å². The molecule has 1 rings (SSSR count). The smallest absolute Gasteiger partial charge is 0.377 e. The van der Waals surface area contributed by atoms with Gasteiger partial charge in [-0.15, -0.1) is 0 Å². The number of carbonyl (C=O) groups excluding carboxylic acids is 2. The number of hydrogen-bond acceptors (Lipinski definition) is 7. The number of aliphatic hydroxyl groups excluding tert-OH is 3. The SMILES string of the molecule is CCCCCCCCCC(=O)OC[C@H](O)[C@H]1OC(=O)C(O)=C1O. The summed E-state index contributed by atoms with van der Waals surface area (Å²) in [5.41, 5.74) is 0. The molecule has 0 radical (unpaired) electrons. The van der Waals surface area contributed by atoms with Crippen molar-refractivity contribution in [1.29, 1.82) is 0 Å². The van der Waals surface area contributed by atoms with E-state index in [0.29, 0.717) is 0 Å². The minimum atomic E-state index is -1.42. The summed E-state index contributed by atoms with van der Waals surface area (Å²) >= 11 is 0. The lowest BCUT2D eigenvalue weighted by atomic mass is 10.1. The number of rotatable bonds is 11. The fraction of sp³-hybridized carbons (Fsp3) is 0.750. The van der Waals surface area contributed by atoms with E-state index in [1.807, 2.05) is 0 Å². The van der Waals surface area contributed by atoms with Crippen molar-refractivity contribution >= 4 is 11.9 Å². The fourth-order valence-corrected chi connectivity index (χ4v) is 2.29. The van der Waals surface area contributed by atoms with Crippen LogP contribution in [0.2, 0.25) is 0 Å². The summed E-state index contributed by atoms with van der Waals surface area (Å²) in [6, 6.07) is 0.